The van der Waals surface area contributed by atoms with Crippen LogP contribution in [-0.4, -0.2) is 41.8 Å². The number of nitrogens with one attached hydrogen (secondary N) is 1. The lowest BCUT2D eigenvalue weighted by Crippen LogP contribution is -2.50. The molecule has 1 N–H and O–H groups in total. The average Bonchev–Trinajstić information content (AvgIpc) is 2.94. The summed E-state index contributed by atoms with van der Waals surface area (Å²) in [4.78, 5) is 46.0. The number of aryl methyl sites for hydroxylation is 2. The first-order valence-corrected chi connectivity index (χ1v) is 12.3. The summed E-state index contributed by atoms with van der Waals surface area (Å²) >= 11 is 0. The van der Waals surface area contributed by atoms with Crippen molar-refractivity contribution < 1.29 is 23.5 Å². The van der Waals surface area contributed by atoms with Crippen molar-refractivity contribution in [3.05, 3.63) is 100 Å². The highest BCUT2D eigenvalue weighted by atomic mass is 19.1. The smallest absolute Gasteiger partial charge is 0.409 e. The molecule has 3 aromatic rings. The van der Waals surface area contributed by atoms with Crippen molar-refractivity contribution in [3.63, 3.8) is 0 Å². The van der Waals surface area contributed by atoms with Gasteiger partial charge in [0.1, 0.15) is 11.4 Å². The van der Waals surface area contributed by atoms with Crippen molar-refractivity contribution in [3.8, 4) is 0 Å². The van der Waals surface area contributed by atoms with Gasteiger partial charge in [-0.2, -0.15) is 0 Å². The topological polar surface area (TPSA) is 88.1 Å². The summed E-state index contributed by atoms with van der Waals surface area (Å²) in [5.74, 6) is -1.46. The number of para-hydroxylation sites is 1. The fourth-order valence-corrected chi connectivity index (χ4v) is 4.37. The Morgan fingerprint density at radius 2 is 1.58 bits per heavy atom. The van der Waals surface area contributed by atoms with E-state index in [1.54, 1.807) is 76.2 Å². The number of benzene rings is 3. The van der Waals surface area contributed by atoms with Crippen molar-refractivity contribution in [2.45, 2.75) is 46.4 Å². The van der Waals surface area contributed by atoms with Crippen LogP contribution in [0.2, 0.25) is 0 Å². The number of Topliss-reactive ketones (excluding diaryl/α,β-unsaturated/α-hetero) is 1. The van der Waals surface area contributed by atoms with E-state index in [0.717, 1.165) is 5.56 Å². The van der Waals surface area contributed by atoms with Gasteiger partial charge in [0.25, 0.3) is 5.91 Å². The van der Waals surface area contributed by atoms with Crippen molar-refractivity contribution in [2.75, 3.05) is 11.4 Å². The molecular weight excluding hydrogens is 485 g/mol. The van der Waals surface area contributed by atoms with Gasteiger partial charge < -0.3 is 9.64 Å². The fourth-order valence-electron chi connectivity index (χ4n) is 4.37. The van der Waals surface area contributed by atoms with Crippen molar-refractivity contribution in [2.24, 2.45) is 4.99 Å². The number of alkyl carbamates (subject to hydrolysis) is 1. The molecule has 7 nitrogen and oxygen atoms in total. The third-order valence-corrected chi connectivity index (χ3v) is 6.05. The van der Waals surface area contributed by atoms with Crippen molar-refractivity contribution in [1.82, 2.24) is 5.32 Å². The number of halogens is 1. The molecule has 0 spiro atoms. The predicted molar refractivity (Wildman–Crippen MR) is 144 cm³/mol. The molecule has 1 aliphatic heterocycles. The Labute approximate surface area is 221 Å². The Morgan fingerprint density at radius 3 is 2.26 bits per heavy atom. The zero-order chi connectivity index (χ0) is 27.6. The maximum atomic E-state index is 15.0. The van der Waals surface area contributed by atoms with Gasteiger partial charge in [0.2, 0.25) is 6.17 Å². The van der Waals surface area contributed by atoms with Crippen LogP contribution in [0.5, 0.6) is 0 Å². The van der Waals surface area contributed by atoms with E-state index in [9.17, 15) is 14.4 Å². The van der Waals surface area contributed by atoms with E-state index in [1.165, 1.54) is 11.0 Å². The summed E-state index contributed by atoms with van der Waals surface area (Å²) in [5.41, 5.74) is 2.36. The minimum Gasteiger partial charge on any atom is -0.444 e. The Kier molecular flexibility index (Phi) is 7.44. The lowest BCUT2D eigenvalue weighted by Gasteiger charge is -2.27. The Balaban J connectivity index is 1.87. The number of fused-ring (bicyclic) bond motifs is 1. The third-order valence-electron chi connectivity index (χ3n) is 6.05. The number of anilines is 1. The molecule has 38 heavy (non-hydrogen) atoms. The number of amides is 2. The number of ketones is 1. The molecule has 8 heteroatoms. The molecule has 3 aromatic carbocycles. The van der Waals surface area contributed by atoms with E-state index >= 15 is 4.39 Å². The molecular formula is C30H30FN3O4. The Hall–Kier alpha value is -4.33. The summed E-state index contributed by atoms with van der Waals surface area (Å²) in [6.45, 7) is 8.42. The molecule has 4 rings (SSSR count). The lowest BCUT2D eigenvalue weighted by atomic mass is 9.97. The van der Waals surface area contributed by atoms with Crippen molar-refractivity contribution >= 4 is 29.2 Å². The lowest BCUT2D eigenvalue weighted by molar-refractivity contribution is -0.120. The molecule has 0 radical (unpaired) electrons. The summed E-state index contributed by atoms with van der Waals surface area (Å²) < 4.78 is 20.4. The van der Waals surface area contributed by atoms with Crippen LogP contribution in [0.25, 0.3) is 0 Å². The molecule has 196 valence electrons. The highest BCUT2D eigenvalue weighted by Gasteiger charge is 2.36. The predicted octanol–water partition coefficient (Wildman–Crippen LogP) is 5.36. The van der Waals surface area contributed by atoms with Crippen LogP contribution in [0.4, 0.5) is 14.9 Å². The quantitative estimate of drug-likeness (QED) is 0.464. The monoisotopic (exact) mass is 515 g/mol. The Morgan fingerprint density at radius 1 is 0.947 bits per heavy atom. The first-order valence-electron chi connectivity index (χ1n) is 12.3. The normalized spacial score (nSPS) is 15.3. The van der Waals surface area contributed by atoms with E-state index in [0.29, 0.717) is 22.4 Å². The molecule has 2 amide bonds. The van der Waals surface area contributed by atoms with Crippen LogP contribution in [0.3, 0.4) is 0 Å². The van der Waals surface area contributed by atoms with Gasteiger partial charge >= 0.3 is 6.09 Å². The van der Waals surface area contributed by atoms with Gasteiger partial charge in [0, 0.05) is 16.7 Å². The van der Waals surface area contributed by atoms with Gasteiger partial charge in [-0.3, -0.25) is 14.9 Å². The highest BCUT2D eigenvalue weighted by Crippen LogP contribution is 2.32. The molecule has 1 aliphatic rings. The molecule has 0 bridgehead atoms. The summed E-state index contributed by atoms with van der Waals surface area (Å²) in [7, 11) is 0. The minimum absolute atomic E-state index is 0.162. The number of nitrogens with zero attached hydrogens (tertiary/aromatic N) is 2. The SMILES string of the molecule is Cc1ccccc1C(=O)CN1C(=O)[C@@H](NC(=O)OC(C)(C)C)N=C(c2ccccc2F)c2cccc(C)c21. The standard InChI is InChI=1S/C30H30FN3O4/c1-18-11-6-7-13-20(18)24(35)17-34-26-19(2)12-10-15-22(26)25(21-14-8-9-16-23(21)31)32-27(28(34)36)33-29(37)38-30(3,4)5/h6-16,27H,17H2,1-5H3,(H,33,37)/t27-/m1/s1. The van der Waals surface area contributed by atoms with Gasteiger partial charge in [-0.25, -0.2) is 14.2 Å². The van der Waals surface area contributed by atoms with Crippen LogP contribution in [-0.2, 0) is 9.53 Å². The summed E-state index contributed by atoms with van der Waals surface area (Å²) in [5, 5.41) is 2.52. The zero-order valence-corrected chi connectivity index (χ0v) is 22.0. The molecule has 0 unspecified atom stereocenters. The summed E-state index contributed by atoms with van der Waals surface area (Å²) in [6.07, 6.45) is -2.32. The van der Waals surface area contributed by atoms with Crippen LogP contribution < -0.4 is 10.2 Å². The maximum absolute atomic E-state index is 15.0. The van der Waals surface area contributed by atoms with Crippen LogP contribution >= 0.6 is 0 Å². The van der Waals surface area contributed by atoms with Gasteiger partial charge in [-0.05, 0) is 57.9 Å². The fraction of sp³-hybridized carbons (Fsp3) is 0.267. The van der Waals surface area contributed by atoms with Gasteiger partial charge in [0.05, 0.1) is 17.9 Å². The largest absolute Gasteiger partial charge is 0.444 e. The highest BCUT2D eigenvalue weighted by molar-refractivity contribution is 6.21. The number of aliphatic imine (C=N–C) groups is 1. The maximum Gasteiger partial charge on any atom is 0.409 e. The molecule has 0 saturated heterocycles. The first kappa shape index (κ1) is 26.7. The number of hydrogen-bond donors (Lipinski definition) is 1. The van der Waals surface area contributed by atoms with E-state index in [-0.39, 0.29) is 23.6 Å². The molecule has 0 saturated carbocycles. The number of rotatable bonds is 5. The third kappa shape index (κ3) is 5.64. The zero-order valence-electron chi connectivity index (χ0n) is 22.0. The Bertz CT molecular complexity index is 1440. The molecule has 0 aromatic heterocycles. The first-order chi connectivity index (χ1) is 18.0. The second-order valence-electron chi connectivity index (χ2n) is 10.1. The second-order valence-corrected chi connectivity index (χ2v) is 10.1. The number of carbonyl (C=O) groups is 3. The summed E-state index contributed by atoms with van der Waals surface area (Å²) in [6, 6.07) is 18.5. The second kappa shape index (κ2) is 10.6. The van der Waals surface area contributed by atoms with E-state index in [1.807, 2.05) is 19.1 Å². The van der Waals surface area contributed by atoms with Crippen LogP contribution in [0.1, 0.15) is 53.4 Å². The number of carbonyl (C=O) groups excluding carboxylic acids is 3. The van der Waals surface area contributed by atoms with Crippen molar-refractivity contribution in [1.29, 1.82) is 0 Å². The molecule has 1 heterocycles. The van der Waals surface area contributed by atoms with Crippen LogP contribution in [0.15, 0.2) is 71.7 Å². The minimum atomic E-state index is -1.46. The van der Waals surface area contributed by atoms with E-state index in [4.69, 9.17) is 4.74 Å². The van der Waals surface area contributed by atoms with Gasteiger partial charge in [-0.1, -0.05) is 54.6 Å². The molecule has 0 aliphatic carbocycles. The molecule has 1 atom stereocenters. The van der Waals surface area contributed by atoms with E-state index < -0.39 is 29.6 Å². The van der Waals surface area contributed by atoms with Crippen LogP contribution in [0, 0.1) is 19.7 Å². The molecule has 0 fully saturated rings. The number of benzodiazepines with no additional fused rings is 1. The van der Waals surface area contributed by atoms with Gasteiger partial charge in [-0.15, -0.1) is 0 Å². The number of hydrogen-bond acceptors (Lipinski definition) is 5. The number of ether oxygens (including phenoxy) is 1. The average molecular weight is 516 g/mol. The van der Waals surface area contributed by atoms with Gasteiger partial charge in [0.15, 0.2) is 5.78 Å². The van der Waals surface area contributed by atoms with E-state index in [2.05, 4.69) is 10.3 Å².